The van der Waals surface area contributed by atoms with E-state index in [1.165, 1.54) is 0 Å². The molecule has 3 aromatic rings. The van der Waals surface area contributed by atoms with Crippen molar-refractivity contribution in [2.75, 3.05) is 0 Å². The third kappa shape index (κ3) is 3.55. The topological polar surface area (TPSA) is 67.1 Å². The Bertz CT molecular complexity index is 1280. The Hall–Kier alpha value is -2.12. The Labute approximate surface area is 194 Å². The number of benzene rings is 2. The van der Waals surface area contributed by atoms with Crippen LogP contribution in [-0.2, 0) is 25.0 Å². The first-order valence-electron chi connectivity index (χ1n) is 11.5. The van der Waals surface area contributed by atoms with Crippen LogP contribution in [0.4, 0.5) is 0 Å². The third-order valence-electron chi connectivity index (χ3n) is 7.74. The second-order valence-corrected chi connectivity index (χ2v) is 10.9. The van der Waals surface area contributed by atoms with Gasteiger partial charge in [-0.05, 0) is 78.3 Å². The summed E-state index contributed by atoms with van der Waals surface area (Å²) in [7, 11) is -1.27. The molecule has 5 rings (SSSR count). The third-order valence-corrected chi connectivity index (χ3v) is 7.74. The van der Waals surface area contributed by atoms with Crippen LogP contribution in [0.25, 0.3) is 21.9 Å². The van der Waals surface area contributed by atoms with Gasteiger partial charge in [-0.1, -0.05) is 18.2 Å². The summed E-state index contributed by atoms with van der Waals surface area (Å²) in [5.74, 6) is 0. The molecule has 2 saturated heterocycles. The number of hydrogen-bond donors (Lipinski definition) is 0. The summed E-state index contributed by atoms with van der Waals surface area (Å²) in [5, 5.41) is 1.14. The fourth-order valence-electron chi connectivity index (χ4n) is 4.55. The molecule has 0 radical (unpaired) electrons. The first kappa shape index (κ1) is 22.7. The fourth-order valence-corrected chi connectivity index (χ4v) is 4.55. The number of rotatable bonds is 3. The molecule has 1 unspecified atom stereocenters. The van der Waals surface area contributed by atoms with Crippen LogP contribution in [0.5, 0.6) is 0 Å². The summed E-state index contributed by atoms with van der Waals surface area (Å²) in [6.45, 7) is 14.1. The van der Waals surface area contributed by atoms with Crippen LogP contribution in [0.15, 0.2) is 51.7 Å². The zero-order valence-corrected chi connectivity index (χ0v) is 20.4. The SMILES string of the molecule is CC1(C)OB(B2OC(C)(C)C(C)(Cc3ccc4oc5ccccc5c(=O)c4c3)O2)OC1(C)C. The quantitative estimate of drug-likeness (QED) is 0.427. The summed E-state index contributed by atoms with van der Waals surface area (Å²) in [6.07, 6.45) is 0.554. The van der Waals surface area contributed by atoms with Crippen molar-refractivity contribution in [1.82, 2.24) is 0 Å². The predicted molar refractivity (Wildman–Crippen MR) is 130 cm³/mol. The monoisotopic (exact) mass is 448 g/mol. The molecule has 3 heterocycles. The molecule has 0 aliphatic carbocycles. The van der Waals surface area contributed by atoms with E-state index in [1.54, 1.807) is 6.07 Å². The first-order chi connectivity index (χ1) is 15.3. The highest BCUT2D eigenvalue weighted by atomic mass is 16.7. The molecule has 1 atom stereocenters. The van der Waals surface area contributed by atoms with E-state index in [4.69, 9.17) is 23.0 Å². The lowest BCUT2D eigenvalue weighted by atomic mass is 9.49. The Morgan fingerprint density at radius 3 is 1.97 bits per heavy atom. The van der Waals surface area contributed by atoms with Crippen LogP contribution < -0.4 is 5.43 Å². The second kappa shape index (κ2) is 7.19. The van der Waals surface area contributed by atoms with Crippen LogP contribution in [-0.4, -0.2) is 36.4 Å². The molecular formula is C25H30B2O6. The van der Waals surface area contributed by atoms with Gasteiger partial charge in [0.25, 0.3) is 0 Å². The highest BCUT2D eigenvalue weighted by molar-refractivity contribution is 7.11. The molecule has 6 nitrogen and oxygen atoms in total. The average Bonchev–Trinajstić information content (AvgIpc) is 3.09. The molecule has 1 aromatic heterocycles. The summed E-state index contributed by atoms with van der Waals surface area (Å²) in [5.41, 5.74) is -0.100. The molecule has 8 heteroatoms. The molecule has 2 aromatic carbocycles. The van der Waals surface area contributed by atoms with Crippen molar-refractivity contribution < 1.29 is 23.0 Å². The van der Waals surface area contributed by atoms with E-state index in [0.29, 0.717) is 28.4 Å². The molecular weight excluding hydrogens is 418 g/mol. The first-order valence-corrected chi connectivity index (χ1v) is 11.5. The van der Waals surface area contributed by atoms with E-state index in [0.717, 1.165) is 5.56 Å². The van der Waals surface area contributed by atoms with Gasteiger partial charge in [-0.3, -0.25) is 4.79 Å². The van der Waals surface area contributed by atoms with E-state index in [9.17, 15) is 4.79 Å². The zero-order valence-electron chi connectivity index (χ0n) is 20.4. The molecule has 2 aliphatic rings. The predicted octanol–water partition coefficient (Wildman–Crippen LogP) is 4.73. The Morgan fingerprint density at radius 2 is 1.27 bits per heavy atom. The van der Waals surface area contributed by atoms with Gasteiger partial charge in [0.2, 0.25) is 5.43 Å². The van der Waals surface area contributed by atoms with E-state index in [-0.39, 0.29) is 5.43 Å². The van der Waals surface area contributed by atoms with Crippen molar-refractivity contribution in [2.24, 2.45) is 0 Å². The van der Waals surface area contributed by atoms with Crippen LogP contribution >= 0.6 is 0 Å². The molecule has 172 valence electrons. The highest BCUT2D eigenvalue weighted by Gasteiger charge is 2.64. The Morgan fingerprint density at radius 1 is 0.697 bits per heavy atom. The molecule has 33 heavy (non-hydrogen) atoms. The van der Waals surface area contributed by atoms with Gasteiger partial charge in [0.1, 0.15) is 11.2 Å². The molecule has 2 fully saturated rings. The summed E-state index contributed by atoms with van der Waals surface area (Å²) in [4.78, 5) is 13.1. The van der Waals surface area contributed by atoms with Gasteiger partial charge in [0, 0.05) is 6.42 Å². The normalized spacial score (nSPS) is 25.9. The standard InChI is InChI=1S/C25H30B2O6/c1-22(2)23(3,4)31-26(30-22)27-32-24(5,6)25(7,33-27)15-16-12-13-20-18(14-16)21(28)17-10-8-9-11-19(17)29-20/h8-14H,15H2,1-7H3. The van der Waals surface area contributed by atoms with Gasteiger partial charge < -0.3 is 23.0 Å². The second-order valence-electron chi connectivity index (χ2n) is 10.9. The van der Waals surface area contributed by atoms with Crippen molar-refractivity contribution in [2.45, 2.75) is 77.3 Å². The van der Waals surface area contributed by atoms with Gasteiger partial charge in [-0.2, -0.15) is 0 Å². The number of para-hydroxylation sites is 1. The minimum atomic E-state index is -0.661. The van der Waals surface area contributed by atoms with Crippen LogP contribution in [0.2, 0.25) is 0 Å². The van der Waals surface area contributed by atoms with Crippen molar-refractivity contribution in [3.05, 3.63) is 58.3 Å². The van der Waals surface area contributed by atoms with E-state index >= 15 is 0 Å². The molecule has 0 amide bonds. The highest BCUT2D eigenvalue weighted by Crippen LogP contribution is 2.44. The lowest BCUT2D eigenvalue weighted by Gasteiger charge is -2.36. The van der Waals surface area contributed by atoms with E-state index in [1.807, 2.05) is 84.9 Å². The van der Waals surface area contributed by atoms with Crippen molar-refractivity contribution >= 4 is 36.0 Å². The molecule has 0 bridgehead atoms. The summed E-state index contributed by atoms with van der Waals surface area (Å²) >= 11 is 0. The van der Waals surface area contributed by atoms with Gasteiger partial charge in [0.15, 0.2) is 0 Å². The maximum Gasteiger partial charge on any atom is 0.489 e. The summed E-state index contributed by atoms with van der Waals surface area (Å²) in [6, 6.07) is 13.1. The van der Waals surface area contributed by atoms with Gasteiger partial charge in [-0.25, -0.2) is 0 Å². The average molecular weight is 448 g/mol. The van der Waals surface area contributed by atoms with Crippen molar-refractivity contribution in [3.8, 4) is 0 Å². The smallest absolute Gasteiger partial charge is 0.456 e. The maximum atomic E-state index is 13.1. The van der Waals surface area contributed by atoms with Crippen molar-refractivity contribution in [3.63, 3.8) is 0 Å². The number of fused-ring (bicyclic) bond motifs is 2. The van der Waals surface area contributed by atoms with Crippen LogP contribution in [0, 0.1) is 0 Å². The fraction of sp³-hybridized carbons (Fsp3) is 0.480. The zero-order chi connectivity index (χ0) is 23.8. The minimum absolute atomic E-state index is 0.0307. The van der Waals surface area contributed by atoms with Crippen LogP contribution in [0.3, 0.4) is 0 Å². The lowest BCUT2D eigenvalue weighted by Crippen LogP contribution is -2.46. The Balaban J connectivity index is 1.45. The number of hydrogen-bond acceptors (Lipinski definition) is 6. The molecule has 0 spiro atoms. The molecule has 0 saturated carbocycles. The minimum Gasteiger partial charge on any atom is -0.456 e. The largest absolute Gasteiger partial charge is 0.489 e. The maximum absolute atomic E-state index is 13.1. The van der Waals surface area contributed by atoms with E-state index in [2.05, 4.69) is 0 Å². The van der Waals surface area contributed by atoms with Gasteiger partial charge in [0.05, 0.1) is 33.2 Å². The van der Waals surface area contributed by atoms with Crippen molar-refractivity contribution in [1.29, 1.82) is 0 Å². The van der Waals surface area contributed by atoms with Gasteiger partial charge in [-0.15, -0.1) is 0 Å². The van der Waals surface area contributed by atoms with Gasteiger partial charge >= 0.3 is 14.0 Å². The Kier molecular flexibility index (Phi) is 4.94. The van der Waals surface area contributed by atoms with Crippen LogP contribution in [0.1, 0.15) is 54.0 Å². The molecule has 0 N–H and O–H groups in total. The molecule has 2 aliphatic heterocycles. The lowest BCUT2D eigenvalue weighted by molar-refractivity contribution is -0.00875. The summed E-state index contributed by atoms with van der Waals surface area (Å²) < 4.78 is 31.1. The van der Waals surface area contributed by atoms with E-state index < -0.39 is 36.4 Å².